The van der Waals surface area contributed by atoms with E-state index in [2.05, 4.69) is 39.4 Å². The zero-order valence-electron chi connectivity index (χ0n) is 17.9. The molecule has 1 aliphatic rings. The highest BCUT2D eigenvalue weighted by atomic mass is 16.1. The van der Waals surface area contributed by atoms with Crippen molar-refractivity contribution in [2.45, 2.75) is 25.7 Å². The lowest BCUT2D eigenvalue weighted by Crippen LogP contribution is -2.29. The van der Waals surface area contributed by atoms with Gasteiger partial charge in [0.15, 0.2) is 0 Å². The minimum Gasteiger partial charge on any atom is -0.378 e. The fourth-order valence-corrected chi connectivity index (χ4v) is 3.99. The predicted octanol–water partition coefficient (Wildman–Crippen LogP) is 4.26. The number of benzene rings is 2. The Morgan fingerprint density at radius 2 is 1.80 bits per heavy atom. The molecule has 0 unspecified atom stereocenters. The van der Waals surface area contributed by atoms with Crippen LogP contribution in [0.3, 0.4) is 0 Å². The highest BCUT2D eigenvalue weighted by Crippen LogP contribution is 2.26. The van der Waals surface area contributed by atoms with Gasteiger partial charge in [-0.25, -0.2) is 4.98 Å². The van der Waals surface area contributed by atoms with Crippen LogP contribution in [0.4, 0.5) is 11.5 Å². The molecule has 0 aliphatic carbocycles. The van der Waals surface area contributed by atoms with Crippen molar-refractivity contribution in [3.8, 4) is 0 Å². The maximum absolute atomic E-state index is 13.0. The molecule has 0 atom stereocenters. The number of fused-ring (bicyclic) bond motifs is 1. The van der Waals surface area contributed by atoms with Crippen molar-refractivity contribution in [1.29, 1.82) is 0 Å². The Kier molecular flexibility index (Phi) is 6.17. The van der Waals surface area contributed by atoms with Crippen LogP contribution >= 0.6 is 0 Å². The number of aryl methyl sites for hydroxylation is 1. The summed E-state index contributed by atoms with van der Waals surface area (Å²) < 4.78 is 0. The molecule has 1 fully saturated rings. The Morgan fingerprint density at radius 3 is 2.53 bits per heavy atom. The smallest absolute Gasteiger partial charge is 0.255 e. The molecule has 0 radical (unpaired) electrons. The molecule has 0 saturated carbocycles. The molecule has 1 N–H and O–H groups in total. The van der Waals surface area contributed by atoms with Gasteiger partial charge in [0, 0.05) is 44.8 Å². The third-order valence-electron chi connectivity index (χ3n) is 5.73. The van der Waals surface area contributed by atoms with Crippen LogP contribution in [-0.4, -0.2) is 44.6 Å². The monoisotopic (exact) mass is 402 g/mol. The zero-order valence-corrected chi connectivity index (χ0v) is 17.9. The Labute approximate surface area is 178 Å². The van der Waals surface area contributed by atoms with Crippen LogP contribution in [0.5, 0.6) is 0 Å². The summed E-state index contributed by atoms with van der Waals surface area (Å²) in [5, 5.41) is 4.12. The molecule has 2 aromatic carbocycles. The molecular weight excluding hydrogens is 372 g/mol. The largest absolute Gasteiger partial charge is 0.378 e. The minimum atomic E-state index is -0.0295. The number of para-hydroxylation sites is 1. The average molecular weight is 403 g/mol. The lowest BCUT2D eigenvalue weighted by atomic mass is 10.1. The topological polar surface area (TPSA) is 48.5 Å². The number of pyridine rings is 1. The molecule has 3 aromatic rings. The van der Waals surface area contributed by atoms with E-state index < -0.39 is 0 Å². The maximum atomic E-state index is 13.0. The number of carbonyl (C=O) groups is 1. The van der Waals surface area contributed by atoms with Gasteiger partial charge in [-0.05, 0) is 55.5 Å². The van der Waals surface area contributed by atoms with E-state index in [4.69, 9.17) is 4.98 Å². The third kappa shape index (κ3) is 4.56. The molecule has 1 aliphatic heterocycles. The lowest BCUT2D eigenvalue weighted by molar-refractivity contribution is 0.0953. The predicted molar refractivity (Wildman–Crippen MR) is 125 cm³/mol. The van der Waals surface area contributed by atoms with Gasteiger partial charge in [-0.15, -0.1) is 0 Å². The molecule has 30 heavy (non-hydrogen) atoms. The van der Waals surface area contributed by atoms with Gasteiger partial charge >= 0.3 is 0 Å². The van der Waals surface area contributed by atoms with Crippen molar-refractivity contribution in [2.24, 2.45) is 0 Å². The average Bonchev–Trinajstić information content (AvgIpc) is 3.31. The van der Waals surface area contributed by atoms with Crippen molar-refractivity contribution in [2.75, 3.05) is 43.5 Å². The van der Waals surface area contributed by atoms with Crippen LogP contribution in [0.1, 0.15) is 35.2 Å². The Hall–Kier alpha value is -3.08. The molecule has 0 spiro atoms. The van der Waals surface area contributed by atoms with Gasteiger partial charge < -0.3 is 15.1 Å². The fourth-order valence-electron chi connectivity index (χ4n) is 3.99. The van der Waals surface area contributed by atoms with Gasteiger partial charge in [0.05, 0.1) is 11.1 Å². The fraction of sp³-hybridized carbons (Fsp3) is 0.360. The summed E-state index contributed by atoms with van der Waals surface area (Å²) in [4.78, 5) is 22.2. The molecular formula is C25H30N4O. The Morgan fingerprint density at radius 1 is 1.07 bits per heavy atom. The molecule has 1 aromatic heterocycles. The number of nitrogens with one attached hydrogen (secondary N) is 1. The van der Waals surface area contributed by atoms with Crippen LogP contribution in [0.15, 0.2) is 54.6 Å². The number of nitrogens with zero attached hydrogens (tertiary/aromatic N) is 3. The number of carbonyl (C=O) groups excluding carboxylic acids is 1. The number of amides is 1. The van der Waals surface area contributed by atoms with Crippen LogP contribution < -0.4 is 15.1 Å². The number of anilines is 2. The normalized spacial score (nSPS) is 13.6. The van der Waals surface area contributed by atoms with E-state index in [1.165, 1.54) is 11.3 Å². The molecule has 4 rings (SSSR count). The van der Waals surface area contributed by atoms with Crippen LogP contribution in [0.25, 0.3) is 10.9 Å². The number of hydrogen-bond acceptors (Lipinski definition) is 4. The van der Waals surface area contributed by atoms with E-state index in [1.54, 1.807) is 0 Å². The van der Waals surface area contributed by atoms with Gasteiger partial charge in [0.1, 0.15) is 5.82 Å². The van der Waals surface area contributed by atoms with Gasteiger partial charge in [0.25, 0.3) is 5.91 Å². The van der Waals surface area contributed by atoms with E-state index in [-0.39, 0.29) is 5.91 Å². The summed E-state index contributed by atoms with van der Waals surface area (Å²) in [5.41, 5.74) is 4.12. The SMILES string of the molecule is CN(C)c1ccc(CCCNC(=O)c2cc3ccccc3nc2N2CCCC2)cc1. The van der Waals surface area contributed by atoms with E-state index >= 15 is 0 Å². The first-order chi connectivity index (χ1) is 14.6. The first-order valence-corrected chi connectivity index (χ1v) is 10.8. The summed E-state index contributed by atoms with van der Waals surface area (Å²) in [7, 11) is 4.09. The van der Waals surface area contributed by atoms with E-state index in [0.717, 1.165) is 55.5 Å². The van der Waals surface area contributed by atoms with Gasteiger partial charge in [-0.2, -0.15) is 0 Å². The quantitative estimate of drug-likeness (QED) is 0.600. The second-order valence-electron chi connectivity index (χ2n) is 8.17. The summed E-state index contributed by atoms with van der Waals surface area (Å²) >= 11 is 0. The first-order valence-electron chi connectivity index (χ1n) is 10.8. The first kappa shape index (κ1) is 20.2. The van der Waals surface area contributed by atoms with E-state index in [9.17, 15) is 4.79 Å². The van der Waals surface area contributed by atoms with Crippen molar-refractivity contribution >= 4 is 28.3 Å². The minimum absolute atomic E-state index is 0.0295. The maximum Gasteiger partial charge on any atom is 0.255 e. The van der Waals surface area contributed by atoms with E-state index in [1.807, 2.05) is 44.4 Å². The van der Waals surface area contributed by atoms with E-state index in [0.29, 0.717) is 12.1 Å². The van der Waals surface area contributed by atoms with Gasteiger partial charge in [0.2, 0.25) is 0 Å². The number of rotatable bonds is 7. The molecule has 1 saturated heterocycles. The van der Waals surface area contributed by atoms with Gasteiger partial charge in [-0.1, -0.05) is 30.3 Å². The standard InChI is InChI=1S/C25H30N4O/c1-28(2)21-13-11-19(12-14-21)8-7-15-26-25(30)22-18-20-9-3-4-10-23(20)27-24(22)29-16-5-6-17-29/h3-4,9-14,18H,5-8,15-17H2,1-2H3,(H,26,30). The van der Waals surface area contributed by atoms with Crippen molar-refractivity contribution in [3.05, 3.63) is 65.7 Å². The summed E-state index contributed by atoms with van der Waals surface area (Å²) in [6, 6.07) is 18.6. The Balaban J connectivity index is 1.41. The summed E-state index contributed by atoms with van der Waals surface area (Å²) in [6.45, 7) is 2.59. The van der Waals surface area contributed by atoms with Crippen LogP contribution in [-0.2, 0) is 6.42 Å². The second-order valence-corrected chi connectivity index (χ2v) is 8.17. The molecule has 156 valence electrons. The second kappa shape index (κ2) is 9.16. The van der Waals surface area contributed by atoms with Crippen molar-refractivity contribution in [1.82, 2.24) is 10.3 Å². The third-order valence-corrected chi connectivity index (χ3v) is 5.73. The molecule has 5 nitrogen and oxygen atoms in total. The summed E-state index contributed by atoms with van der Waals surface area (Å²) in [6.07, 6.45) is 4.17. The molecule has 0 bridgehead atoms. The van der Waals surface area contributed by atoms with Crippen molar-refractivity contribution < 1.29 is 4.79 Å². The van der Waals surface area contributed by atoms with Gasteiger partial charge in [-0.3, -0.25) is 4.79 Å². The number of hydrogen-bond donors (Lipinski definition) is 1. The zero-order chi connectivity index (χ0) is 20.9. The lowest BCUT2D eigenvalue weighted by Gasteiger charge is -2.20. The highest BCUT2D eigenvalue weighted by molar-refractivity contribution is 6.02. The molecule has 2 heterocycles. The molecule has 1 amide bonds. The molecule has 5 heteroatoms. The van der Waals surface area contributed by atoms with Crippen LogP contribution in [0.2, 0.25) is 0 Å². The van der Waals surface area contributed by atoms with Crippen LogP contribution in [0, 0.1) is 0 Å². The highest BCUT2D eigenvalue weighted by Gasteiger charge is 2.21. The number of aromatic nitrogens is 1. The summed E-state index contributed by atoms with van der Waals surface area (Å²) in [5.74, 6) is 0.793. The Bertz CT molecular complexity index is 1010. The van der Waals surface area contributed by atoms with Crippen molar-refractivity contribution in [3.63, 3.8) is 0 Å².